The Bertz CT molecular complexity index is 553. The van der Waals surface area contributed by atoms with Crippen molar-refractivity contribution in [3.8, 4) is 11.5 Å². The second-order valence-electron chi connectivity index (χ2n) is 4.67. The summed E-state index contributed by atoms with van der Waals surface area (Å²) in [6.07, 6.45) is 2.44. The van der Waals surface area contributed by atoms with Crippen molar-refractivity contribution in [3.05, 3.63) is 52.8 Å². The first-order valence-corrected chi connectivity index (χ1v) is 6.57. The molecule has 0 saturated carbocycles. The molecule has 2 aromatic rings. The second kappa shape index (κ2) is 6.04. The van der Waals surface area contributed by atoms with Crippen LogP contribution in [0.15, 0.2) is 36.5 Å². The summed E-state index contributed by atoms with van der Waals surface area (Å²) in [5.41, 5.74) is 7.84. The van der Waals surface area contributed by atoms with Gasteiger partial charge in [-0.3, -0.25) is 4.98 Å². The maximum absolute atomic E-state index is 6.02. The average molecular weight is 277 g/mol. The lowest BCUT2D eigenvalue weighted by molar-refractivity contribution is 0.471. The molecule has 0 amide bonds. The third kappa shape index (κ3) is 3.94. The topological polar surface area (TPSA) is 48.1 Å². The van der Waals surface area contributed by atoms with Crippen LogP contribution in [-0.2, 0) is 6.42 Å². The van der Waals surface area contributed by atoms with Crippen LogP contribution in [0.25, 0.3) is 0 Å². The van der Waals surface area contributed by atoms with E-state index in [9.17, 15) is 0 Å². The van der Waals surface area contributed by atoms with Crippen LogP contribution in [0.1, 0.15) is 18.2 Å². The highest BCUT2D eigenvalue weighted by Gasteiger charge is 2.08. The van der Waals surface area contributed by atoms with Crippen LogP contribution >= 0.6 is 11.6 Å². The van der Waals surface area contributed by atoms with Gasteiger partial charge in [-0.2, -0.15) is 0 Å². The number of aromatic nitrogens is 1. The second-order valence-corrected chi connectivity index (χ2v) is 5.11. The summed E-state index contributed by atoms with van der Waals surface area (Å²) in [5, 5.41) is 0.642. The normalized spacial score (nSPS) is 12.2. The van der Waals surface area contributed by atoms with Crippen molar-refractivity contribution in [1.82, 2.24) is 4.98 Å². The van der Waals surface area contributed by atoms with Crippen molar-refractivity contribution in [2.75, 3.05) is 0 Å². The van der Waals surface area contributed by atoms with Crippen molar-refractivity contribution >= 4 is 11.6 Å². The van der Waals surface area contributed by atoms with Gasteiger partial charge in [0.1, 0.15) is 11.5 Å². The summed E-state index contributed by atoms with van der Waals surface area (Å²) in [6.45, 7) is 3.90. The number of nitrogens with two attached hydrogens (primary N) is 1. The molecule has 0 radical (unpaired) electrons. The number of nitrogens with zero attached hydrogens (tertiary/aromatic N) is 1. The Balaban J connectivity index is 2.27. The fraction of sp³-hybridized carbons (Fsp3) is 0.267. The van der Waals surface area contributed by atoms with Crippen molar-refractivity contribution in [1.29, 1.82) is 0 Å². The zero-order valence-corrected chi connectivity index (χ0v) is 11.8. The van der Waals surface area contributed by atoms with E-state index in [4.69, 9.17) is 22.1 Å². The third-order valence-electron chi connectivity index (χ3n) is 2.68. The fourth-order valence-electron chi connectivity index (χ4n) is 1.78. The molecule has 2 rings (SSSR count). The fourth-order valence-corrected chi connectivity index (χ4v) is 1.94. The van der Waals surface area contributed by atoms with Gasteiger partial charge in [-0.05, 0) is 50.1 Å². The number of hydrogen-bond donors (Lipinski definition) is 1. The van der Waals surface area contributed by atoms with Crippen LogP contribution in [-0.4, -0.2) is 11.0 Å². The minimum absolute atomic E-state index is 0.0691. The van der Waals surface area contributed by atoms with Crippen molar-refractivity contribution in [3.63, 3.8) is 0 Å². The van der Waals surface area contributed by atoms with Crippen LogP contribution in [0.3, 0.4) is 0 Å². The maximum atomic E-state index is 6.02. The minimum atomic E-state index is 0.0691. The largest absolute Gasteiger partial charge is 0.455 e. The molecule has 0 bridgehead atoms. The molecule has 3 nitrogen and oxygen atoms in total. The lowest BCUT2D eigenvalue weighted by atomic mass is 10.1. The average Bonchev–Trinajstić information content (AvgIpc) is 2.35. The van der Waals surface area contributed by atoms with Gasteiger partial charge in [-0.15, -0.1) is 0 Å². The molecule has 0 saturated heterocycles. The Hall–Kier alpha value is -1.58. The molecule has 0 fully saturated rings. The quantitative estimate of drug-likeness (QED) is 0.926. The van der Waals surface area contributed by atoms with Gasteiger partial charge in [0.2, 0.25) is 0 Å². The summed E-state index contributed by atoms with van der Waals surface area (Å²) < 4.78 is 5.84. The summed E-state index contributed by atoms with van der Waals surface area (Å²) in [5.74, 6) is 1.43. The number of hydrogen-bond acceptors (Lipinski definition) is 3. The molecule has 1 aromatic heterocycles. The number of ether oxygens (including phenoxy) is 1. The Labute approximate surface area is 118 Å². The highest BCUT2D eigenvalue weighted by molar-refractivity contribution is 6.30. The van der Waals surface area contributed by atoms with Crippen LogP contribution in [0, 0.1) is 6.92 Å². The van der Waals surface area contributed by atoms with E-state index in [0.29, 0.717) is 10.8 Å². The van der Waals surface area contributed by atoms with Gasteiger partial charge >= 0.3 is 0 Å². The molecular weight excluding hydrogens is 260 g/mol. The van der Waals surface area contributed by atoms with Crippen LogP contribution in [0.2, 0.25) is 5.02 Å². The van der Waals surface area contributed by atoms with E-state index in [0.717, 1.165) is 23.4 Å². The molecule has 0 aliphatic heterocycles. The third-order valence-corrected chi connectivity index (χ3v) is 2.92. The molecule has 0 aliphatic rings. The van der Waals surface area contributed by atoms with E-state index < -0.39 is 0 Å². The van der Waals surface area contributed by atoms with Gasteiger partial charge in [0.25, 0.3) is 0 Å². The van der Waals surface area contributed by atoms with Gasteiger partial charge in [0, 0.05) is 16.8 Å². The maximum Gasteiger partial charge on any atom is 0.145 e. The van der Waals surface area contributed by atoms with Crippen LogP contribution in [0.5, 0.6) is 11.5 Å². The Kier molecular flexibility index (Phi) is 4.40. The molecule has 19 heavy (non-hydrogen) atoms. The predicted molar refractivity (Wildman–Crippen MR) is 77.9 cm³/mol. The lowest BCUT2D eigenvalue weighted by Gasteiger charge is -2.13. The molecule has 100 valence electrons. The van der Waals surface area contributed by atoms with E-state index >= 15 is 0 Å². The van der Waals surface area contributed by atoms with Crippen molar-refractivity contribution < 1.29 is 4.74 Å². The van der Waals surface area contributed by atoms with Gasteiger partial charge in [-0.25, -0.2) is 0 Å². The van der Waals surface area contributed by atoms with Crippen LogP contribution < -0.4 is 10.5 Å². The van der Waals surface area contributed by atoms with Crippen molar-refractivity contribution in [2.24, 2.45) is 5.73 Å². The molecule has 0 spiro atoms. The zero-order valence-electron chi connectivity index (χ0n) is 11.1. The van der Waals surface area contributed by atoms with E-state index in [1.807, 2.05) is 38.1 Å². The first kappa shape index (κ1) is 13.8. The molecular formula is C15H17ClN2O. The zero-order chi connectivity index (χ0) is 13.8. The van der Waals surface area contributed by atoms with Crippen LogP contribution in [0.4, 0.5) is 0 Å². The summed E-state index contributed by atoms with van der Waals surface area (Å²) >= 11 is 6.02. The highest BCUT2D eigenvalue weighted by atomic mass is 35.5. The molecule has 4 heteroatoms. The summed E-state index contributed by atoms with van der Waals surface area (Å²) in [6, 6.07) is 9.46. The smallest absolute Gasteiger partial charge is 0.145 e. The van der Waals surface area contributed by atoms with E-state index in [1.165, 1.54) is 0 Å². The SMILES string of the molecule is Cc1ccc(Oc2cc(Cl)ccc2CC(C)N)cn1. The number of pyridine rings is 1. The molecule has 0 aliphatic carbocycles. The number of halogens is 1. The molecule has 1 unspecified atom stereocenters. The number of aryl methyl sites for hydroxylation is 1. The molecule has 2 N–H and O–H groups in total. The monoisotopic (exact) mass is 276 g/mol. The minimum Gasteiger partial charge on any atom is -0.455 e. The van der Waals surface area contributed by atoms with Gasteiger partial charge in [0.15, 0.2) is 0 Å². The Morgan fingerprint density at radius 1 is 1.32 bits per heavy atom. The van der Waals surface area contributed by atoms with E-state index in [2.05, 4.69) is 4.98 Å². The predicted octanol–water partition coefficient (Wildman–Crippen LogP) is 3.73. The standard InChI is InChI=1S/C15H17ClN2O/c1-10(17)7-12-4-5-13(16)8-15(12)19-14-6-3-11(2)18-9-14/h3-6,8-10H,7,17H2,1-2H3. The Morgan fingerprint density at radius 2 is 2.11 bits per heavy atom. The number of rotatable bonds is 4. The first-order valence-electron chi connectivity index (χ1n) is 6.19. The van der Waals surface area contributed by atoms with E-state index in [1.54, 1.807) is 12.3 Å². The molecule has 1 aromatic carbocycles. The highest BCUT2D eigenvalue weighted by Crippen LogP contribution is 2.29. The first-order chi connectivity index (χ1) is 9.04. The molecule has 1 heterocycles. The summed E-state index contributed by atoms with van der Waals surface area (Å²) in [7, 11) is 0. The van der Waals surface area contributed by atoms with Gasteiger partial charge in [-0.1, -0.05) is 17.7 Å². The van der Waals surface area contributed by atoms with Gasteiger partial charge in [0.05, 0.1) is 6.20 Å². The lowest BCUT2D eigenvalue weighted by Crippen LogP contribution is -2.18. The van der Waals surface area contributed by atoms with Crippen molar-refractivity contribution in [2.45, 2.75) is 26.3 Å². The number of benzene rings is 1. The Morgan fingerprint density at radius 3 is 2.74 bits per heavy atom. The molecule has 1 atom stereocenters. The van der Waals surface area contributed by atoms with E-state index in [-0.39, 0.29) is 6.04 Å². The summed E-state index contributed by atoms with van der Waals surface area (Å²) in [4.78, 5) is 4.21. The van der Waals surface area contributed by atoms with Gasteiger partial charge < -0.3 is 10.5 Å².